The van der Waals surface area contributed by atoms with E-state index >= 15 is 0 Å². The number of nitrogens with zero attached hydrogens (tertiary/aromatic N) is 1. The molecule has 3 aromatic rings. The first kappa shape index (κ1) is 20.7. The molecule has 2 nitrogen and oxygen atoms in total. The van der Waals surface area contributed by atoms with Gasteiger partial charge in [-0.15, -0.1) is 0 Å². The van der Waals surface area contributed by atoms with Gasteiger partial charge in [-0.1, -0.05) is 68.8 Å². The molecule has 0 saturated heterocycles. The molecule has 1 aromatic heterocycles. The molecule has 0 fully saturated rings. The van der Waals surface area contributed by atoms with Crippen LogP contribution in [0.2, 0.25) is 0 Å². The smallest absolute Gasteiger partial charge is 0.258 e. The van der Waals surface area contributed by atoms with Crippen LogP contribution in [0.3, 0.4) is 0 Å². The van der Waals surface area contributed by atoms with Crippen molar-refractivity contribution in [1.82, 2.24) is 4.57 Å². The summed E-state index contributed by atoms with van der Waals surface area (Å²) in [5.74, 6) is 0.566. The molecule has 0 spiro atoms. The topological polar surface area (TPSA) is 22.0 Å². The first-order chi connectivity index (χ1) is 14.1. The summed E-state index contributed by atoms with van der Waals surface area (Å²) in [6.07, 6.45) is 6.22. The molecule has 0 bridgehead atoms. The first-order valence-electron chi connectivity index (χ1n) is 11.0. The van der Waals surface area contributed by atoms with E-state index in [2.05, 4.69) is 65.8 Å². The van der Waals surface area contributed by atoms with Crippen LogP contribution in [0, 0.1) is 11.3 Å². The van der Waals surface area contributed by atoms with Crippen molar-refractivity contribution in [3.8, 4) is 0 Å². The average molecular weight is 400 g/mol. The number of benzene rings is 2. The molecule has 0 aliphatic heterocycles. The first-order valence-corrected chi connectivity index (χ1v) is 11.0. The van der Waals surface area contributed by atoms with Crippen molar-refractivity contribution in [2.75, 3.05) is 0 Å². The molecular formula is C28H33NO. The highest BCUT2D eigenvalue weighted by molar-refractivity contribution is 5.81. The summed E-state index contributed by atoms with van der Waals surface area (Å²) >= 11 is 0. The number of aromatic nitrogens is 1. The van der Waals surface area contributed by atoms with Gasteiger partial charge in [0.2, 0.25) is 0 Å². The summed E-state index contributed by atoms with van der Waals surface area (Å²) in [6.45, 7) is 13.6. The van der Waals surface area contributed by atoms with Gasteiger partial charge in [-0.25, -0.2) is 0 Å². The Balaban J connectivity index is 1.67. The van der Waals surface area contributed by atoms with Crippen LogP contribution in [0.4, 0.5) is 0 Å². The Morgan fingerprint density at radius 3 is 2.47 bits per heavy atom. The van der Waals surface area contributed by atoms with E-state index in [1.807, 2.05) is 41.1 Å². The summed E-state index contributed by atoms with van der Waals surface area (Å²) in [5.41, 5.74) is 5.58. The third-order valence-corrected chi connectivity index (χ3v) is 6.71. The molecule has 2 aromatic carbocycles. The van der Waals surface area contributed by atoms with Gasteiger partial charge in [-0.2, -0.15) is 0 Å². The van der Waals surface area contributed by atoms with Crippen LogP contribution in [0.25, 0.3) is 16.8 Å². The van der Waals surface area contributed by atoms with Crippen molar-refractivity contribution >= 4 is 16.8 Å². The molecule has 4 rings (SSSR count). The zero-order chi connectivity index (χ0) is 21.7. The van der Waals surface area contributed by atoms with E-state index in [0.717, 1.165) is 23.6 Å². The Kier molecular flexibility index (Phi) is 5.00. The second-order valence-electron chi connectivity index (χ2n) is 10.6. The fourth-order valence-electron chi connectivity index (χ4n) is 5.05. The zero-order valence-corrected chi connectivity index (χ0v) is 19.1. The van der Waals surface area contributed by atoms with E-state index in [9.17, 15) is 4.79 Å². The van der Waals surface area contributed by atoms with Crippen LogP contribution in [-0.4, -0.2) is 4.57 Å². The molecule has 1 aliphatic rings. The third kappa shape index (κ3) is 3.76. The van der Waals surface area contributed by atoms with Gasteiger partial charge in [-0.05, 0) is 79.2 Å². The molecule has 1 atom stereocenters. The molecular weight excluding hydrogens is 366 g/mol. The lowest BCUT2D eigenvalue weighted by molar-refractivity contribution is 0.276. The molecule has 0 saturated carbocycles. The largest absolute Gasteiger partial charge is 0.309 e. The van der Waals surface area contributed by atoms with E-state index in [1.54, 1.807) is 0 Å². The molecule has 0 radical (unpaired) electrons. The maximum absolute atomic E-state index is 13.1. The van der Waals surface area contributed by atoms with E-state index in [-0.39, 0.29) is 16.5 Å². The second kappa shape index (κ2) is 7.27. The van der Waals surface area contributed by atoms with Gasteiger partial charge < -0.3 is 4.57 Å². The van der Waals surface area contributed by atoms with E-state index < -0.39 is 0 Å². The predicted octanol–water partition coefficient (Wildman–Crippen LogP) is 6.60. The summed E-state index contributed by atoms with van der Waals surface area (Å²) in [4.78, 5) is 13.1. The molecule has 1 heterocycles. The Morgan fingerprint density at radius 1 is 1.00 bits per heavy atom. The number of pyridine rings is 1. The van der Waals surface area contributed by atoms with Crippen molar-refractivity contribution < 1.29 is 0 Å². The van der Waals surface area contributed by atoms with Crippen LogP contribution in [0.5, 0.6) is 0 Å². The maximum Gasteiger partial charge on any atom is 0.258 e. The summed E-state index contributed by atoms with van der Waals surface area (Å²) in [7, 11) is 0. The predicted molar refractivity (Wildman–Crippen MR) is 128 cm³/mol. The lowest BCUT2D eigenvalue weighted by Gasteiger charge is -2.35. The Hall–Kier alpha value is -2.61. The normalized spacial score (nSPS) is 17.0. The second-order valence-corrected chi connectivity index (χ2v) is 10.6. The summed E-state index contributed by atoms with van der Waals surface area (Å²) in [6, 6.07) is 16.7. The van der Waals surface area contributed by atoms with Crippen LogP contribution >= 0.6 is 0 Å². The van der Waals surface area contributed by atoms with E-state index in [0.29, 0.717) is 5.92 Å². The van der Waals surface area contributed by atoms with Gasteiger partial charge in [0.1, 0.15) is 0 Å². The lowest BCUT2D eigenvalue weighted by Crippen LogP contribution is -2.37. The maximum atomic E-state index is 13.1. The molecule has 1 aliphatic carbocycles. The van der Waals surface area contributed by atoms with E-state index in [1.165, 1.54) is 22.3 Å². The molecule has 2 heteroatoms. The average Bonchev–Trinajstić information content (AvgIpc) is 2.67. The molecule has 0 amide bonds. The van der Waals surface area contributed by atoms with Crippen molar-refractivity contribution in [3.63, 3.8) is 0 Å². The minimum atomic E-state index is -0.306. The van der Waals surface area contributed by atoms with Gasteiger partial charge in [0, 0.05) is 17.1 Å². The van der Waals surface area contributed by atoms with Crippen molar-refractivity contribution in [2.24, 2.45) is 11.3 Å². The van der Waals surface area contributed by atoms with Crippen molar-refractivity contribution in [3.05, 3.63) is 87.3 Å². The summed E-state index contributed by atoms with van der Waals surface area (Å²) in [5, 5.41) is 1.78. The lowest BCUT2D eigenvalue weighted by atomic mass is 9.70. The highest BCUT2D eigenvalue weighted by atomic mass is 16.1. The van der Waals surface area contributed by atoms with Gasteiger partial charge in [0.15, 0.2) is 0 Å². The Bertz CT molecular complexity index is 1190. The number of rotatable bonds is 3. The number of allylic oxidation sites excluding steroid dienone is 1. The van der Waals surface area contributed by atoms with E-state index in [4.69, 9.17) is 0 Å². The summed E-state index contributed by atoms with van der Waals surface area (Å²) < 4.78 is 1.90. The highest BCUT2D eigenvalue weighted by Crippen LogP contribution is 2.40. The standard InChI is InChI=1S/C28H33NO/c1-19-15-22-12-11-20(16-23(22)17-25(19)27(2,3)4)18-28(5,6)29-14-13-21-9-7-8-10-24(21)26(29)30/h7-16,25H,17-18H2,1-6H3. The Morgan fingerprint density at radius 2 is 1.73 bits per heavy atom. The van der Waals surface area contributed by atoms with Crippen molar-refractivity contribution in [2.45, 2.75) is 59.9 Å². The third-order valence-electron chi connectivity index (χ3n) is 6.71. The number of hydrogen-bond acceptors (Lipinski definition) is 1. The van der Waals surface area contributed by atoms with Crippen LogP contribution in [0.1, 0.15) is 58.2 Å². The molecule has 156 valence electrons. The van der Waals surface area contributed by atoms with Crippen molar-refractivity contribution in [1.29, 1.82) is 0 Å². The van der Waals surface area contributed by atoms with Gasteiger partial charge in [0.25, 0.3) is 5.56 Å². The molecule has 0 N–H and O–H groups in total. The van der Waals surface area contributed by atoms with Gasteiger partial charge in [-0.3, -0.25) is 4.79 Å². The van der Waals surface area contributed by atoms with Crippen LogP contribution in [0.15, 0.2) is 65.1 Å². The highest BCUT2D eigenvalue weighted by Gasteiger charge is 2.30. The fourth-order valence-corrected chi connectivity index (χ4v) is 5.05. The zero-order valence-electron chi connectivity index (χ0n) is 19.1. The van der Waals surface area contributed by atoms with Crippen LogP contribution in [-0.2, 0) is 18.4 Å². The SMILES string of the molecule is CC1=Cc2ccc(CC(C)(C)n3ccc4ccccc4c3=O)cc2CC1C(C)(C)C. The quantitative estimate of drug-likeness (QED) is 0.486. The minimum absolute atomic E-state index is 0.0856. The number of fused-ring (bicyclic) bond motifs is 2. The van der Waals surface area contributed by atoms with Gasteiger partial charge in [0.05, 0.1) is 0 Å². The fraction of sp³-hybridized carbons (Fsp3) is 0.393. The Labute approximate surface area is 180 Å². The molecule has 30 heavy (non-hydrogen) atoms. The monoisotopic (exact) mass is 399 g/mol. The molecule has 1 unspecified atom stereocenters. The van der Waals surface area contributed by atoms with Crippen LogP contribution < -0.4 is 5.56 Å². The number of hydrogen-bond donors (Lipinski definition) is 0. The minimum Gasteiger partial charge on any atom is -0.309 e. The van der Waals surface area contributed by atoms with Gasteiger partial charge >= 0.3 is 0 Å².